The van der Waals surface area contributed by atoms with Gasteiger partial charge in [0, 0.05) is 29.2 Å². The van der Waals surface area contributed by atoms with Gasteiger partial charge in [0.05, 0.1) is 9.83 Å². The summed E-state index contributed by atoms with van der Waals surface area (Å²) in [6.07, 6.45) is 1.71. The number of amides is 2. The molecule has 0 saturated carbocycles. The molecule has 1 saturated heterocycles. The number of imide groups is 1. The predicted octanol–water partition coefficient (Wildman–Crippen LogP) is 5.10. The summed E-state index contributed by atoms with van der Waals surface area (Å²) in [6, 6.07) is 6.22. The molecule has 146 valence electrons. The van der Waals surface area contributed by atoms with Crippen molar-refractivity contribution >= 4 is 46.3 Å². The molecule has 0 N–H and O–H groups in total. The van der Waals surface area contributed by atoms with Gasteiger partial charge < -0.3 is 4.57 Å². The van der Waals surface area contributed by atoms with Crippen LogP contribution in [-0.2, 0) is 4.79 Å². The van der Waals surface area contributed by atoms with Crippen LogP contribution in [0.4, 0.5) is 10.5 Å². The van der Waals surface area contributed by atoms with Gasteiger partial charge in [0.1, 0.15) is 5.02 Å². The summed E-state index contributed by atoms with van der Waals surface area (Å²) in [5.74, 6) is -0.298. The second kappa shape index (κ2) is 7.44. The van der Waals surface area contributed by atoms with E-state index in [-0.39, 0.29) is 27.9 Å². The van der Waals surface area contributed by atoms with E-state index in [0.717, 1.165) is 28.7 Å². The molecule has 1 aromatic heterocycles. The summed E-state index contributed by atoms with van der Waals surface area (Å²) < 4.78 is 1.90. The van der Waals surface area contributed by atoms with Crippen LogP contribution in [-0.4, -0.2) is 31.6 Å². The van der Waals surface area contributed by atoms with Gasteiger partial charge in [0.25, 0.3) is 16.8 Å². The van der Waals surface area contributed by atoms with Crippen molar-refractivity contribution in [1.29, 1.82) is 0 Å². The third-order valence-corrected chi connectivity index (χ3v) is 5.67. The number of hydrogen-bond acceptors (Lipinski definition) is 5. The quantitative estimate of drug-likeness (QED) is 0.391. The summed E-state index contributed by atoms with van der Waals surface area (Å²) in [6.45, 7) is 7.35. The van der Waals surface area contributed by atoms with Gasteiger partial charge >= 0.3 is 0 Å². The second-order valence-electron chi connectivity index (χ2n) is 6.70. The van der Waals surface area contributed by atoms with Crippen LogP contribution in [0.15, 0.2) is 29.2 Å². The zero-order chi connectivity index (χ0) is 20.7. The van der Waals surface area contributed by atoms with E-state index in [1.807, 2.05) is 24.5 Å². The van der Waals surface area contributed by atoms with E-state index in [1.165, 1.54) is 17.0 Å². The first-order chi connectivity index (χ1) is 13.1. The van der Waals surface area contributed by atoms with Crippen LogP contribution in [0.1, 0.15) is 30.8 Å². The zero-order valence-electron chi connectivity index (χ0n) is 15.7. The van der Waals surface area contributed by atoms with Crippen LogP contribution in [0.5, 0.6) is 0 Å². The van der Waals surface area contributed by atoms with E-state index in [4.69, 9.17) is 11.6 Å². The number of nitro groups is 1. The van der Waals surface area contributed by atoms with Crippen molar-refractivity contribution in [3.63, 3.8) is 0 Å². The number of nitrogens with zero attached hydrogens (tertiary/aromatic N) is 3. The van der Waals surface area contributed by atoms with E-state index in [0.29, 0.717) is 10.6 Å². The fourth-order valence-corrected chi connectivity index (χ4v) is 4.38. The zero-order valence-corrected chi connectivity index (χ0v) is 17.3. The fourth-order valence-electron chi connectivity index (χ4n) is 3.18. The number of carbonyl (C=O) groups excluding carboxylic acids is 2. The minimum atomic E-state index is -0.530. The van der Waals surface area contributed by atoms with Gasteiger partial charge in [-0.2, -0.15) is 0 Å². The highest BCUT2D eigenvalue weighted by molar-refractivity contribution is 8.18. The number of carbonyl (C=O) groups is 2. The molecule has 3 rings (SSSR count). The maximum absolute atomic E-state index is 12.5. The molecule has 1 aliphatic heterocycles. The summed E-state index contributed by atoms with van der Waals surface area (Å²) in [4.78, 5) is 36.7. The highest BCUT2D eigenvalue weighted by Crippen LogP contribution is 2.35. The monoisotopic (exact) mass is 419 g/mol. The highest BCUT2D eigenvalue weighted by Gasteiger charge is 2.36. The molecule has 1 aromatic carbocycles. The molecule has 2 amide bonds. The Balaban J connectivity index is 2.02. The molecule has 28 heavy (non-hydrogen) atoms. The van der Waals surface area contributed by atoms with Crippen molar-refractivity contribution in [2.45, 2.75) is 33.7 Å². The van der Waals surface area contributed by atoms with Crippen molar-refractivity contribution in [3.8, 4) is 5.69 Å². The first kappa shape index (κ1) is 20.2. The number of aromatic nitrogens is 1. The highest BCUT2D eigenvalue weighted by atomic mass is 35.5. The molecule has 7 nitrogen and oxygen atoms in total. The van der Waals surface area contributed by atoms with Crippen molar-refractivity contribution in [3.05, 3.63) is 61.3 Å². The van der Waals surface area contributed by atoms with Crippen molar-refractivity contribution in [1.82, 2.24) is 9.47 Å². The molecule has 0 atom stereocenters. The average molecular weight is 420 g/mol. The van der Waals surface area contributed by atoms with Crippen molar-refractivity contribution < 1.29 is 14.5 Å². The maximum Gasteiger partial charge on any atom is 0.293 e. The second-order valence-corrected chi connectivity index (χ2v) is 8.10. The fraction of sp³-hybridized carbons (Fsp3) is 0.263. The normalized spacial score (nSPS) is 15.9. The maximum atomic E-state index is 12.5. The first-order valence-corrected chi connectivity index (χ1v) is 9.71. The lowest BCUT2D eigenvalue weighted by Gasteiger charge is -2.16. The first-order valence-electron chi connectivity index (χ1n) is 8.52. The number of halogens is 1. The van der Waals surface area contributed by atoms with Crippen LogP contribution in [0, 0.1) is 24.0 Å². The number of nitro benzene ring substituents is 1. The number of thioether (sulfide) groups is 1. The molecule has 0 aliphatic carbocycles. The molecule has 0 radical (unpaired) electrons. The third kappa shape index (κ3) is 3.45. The van der Waals surface area contributed by atoms with Gasteiger partial charge in [0.15, 0.2) is 0 Å². The van der Waals surface area contributed by atoms with E-state index in [9.17, 15) is 19.7 Å². The van der Waals surface area contributed by atoms with Gasteiger partial charge in [-0.3, -0.25) is 24.6 Å². The van der Waals surface area contributed by atoms with Crippen LogP contribution in [0.25, 0.3) is 11.8 Å². The van der Waals surface area contributed by atoms with Crippen LogP contribution < -0.4 is 0 Å². The lowest BCUT2D eigenvalue weighted by Crippen LogP contribution is -2.34. The minimum Gasteiger partial charge on any atom is -0.318 e. The Labute approximate surface area is 171 Å². The van der Waals surface area contributed by atoms with E-state index >= 15 is 0 Å². The van der Waals surface area contributed by atoms with Crippen LogP contribution in [0.2, 0.25) is 5.02 Å². The van der Waals surface area contributed by atoms with Crippen molar-refractivity contribution in [2.24, 2.45) is 0 Å². The standard InChI is InChI=1S/C19H18ClN3O4S/c1-10(2)21-18(24)17(28-19(21)25)8-13-7-11(3)22(12(13)4)14-5-6-16(23(26)27)15(20)9-14/h5-10H,1-4H3/b17-8+. The molecule has 2 heterocycles. The summed E-state index contributed by atoms with van der Waals surface area (Å²) in [5.41, 5.74) is 3.02. The van der Waals surface area contributed by atoms with Gasteiger partial charge in [0.2, 0.25) is 0 Å². The SMILES string of the molecule is Cc1cc(/C=C2/SC(=O)N(C(C)C)C2=O)c(C)n1-c1ccc([N+](=O)[O-])c(Cl)c1. The Morgan fingerprint density at radius 1 is 1.21 bits per heavy atom. The molecule has 2 aromatic rings. The third-order valence-electron chi connectivity index (χ3n) is 4.48. The predicted molar refractivity (Wildman–Crippen MR) is 110 cm³/mol. The number of rotatable bonds is 4. The number of hydrogen-bond donors (Lipinski definition) is 0. The van der Waals surface area contributed by atoms with Crippen LogP contribution >= 0.6 is 23.4 Å². The Morgan fingerprint density at radius 3 is 2.43 bits per heavy atom. The summed E-state index contributed by atoms with van der Waals surface area (Å²) in [5, 5.41) is 10.7. The van der Waals surface area contributed by atoms with E-state index < -0.39 is 4.92 Å². The largest absolute Gasteiger partial charge is 0.318 e. The molecule has 1 aliphatic rings. The smallest absolute Gasteiger partial charge is 0.293 e. The van der Waals surface area contributed by atoms with E-state index in [2.05, 4.69) is 0 Å². The summed E-state index contributed by atoms with van der Waals surface area (Å²) >= 11 is 6.97. The Bertz CT molecular complexity index is 1040. The lowest BCUT2D eigenvalue weighted by atomic mass is 10.2. The van der Waals surface area contributed by atoms with Gasteiger partial charge in [-0.05, 0) is 69.3 Å². The number of benzene rings is 1. The van der Waals surface area contributed by atoms with Crippen molar-refractivity contribution in [2.75, 3.05) is 0 Å². The van der Waals surface area contributed by atoms with Gasteiger partial charge in [-0.1, -0.05) is 11.6 Å². The van der Waals surface area contributed by atoms with Gasteiger partial charge in [-0.25, -0.2) is 0 Å². The molecular formula is C19H18ClN3O4S. The Morgan fingerprint density at radius 2 is 1.89 bits per heavy atom. The molecule has 1 fully saturated rings. The average Bonchev–Trinajstić information content (AvgIpc) is 3.02. The van der Waals surface area contributed by atoms with Crippen LogP contribution in [0.3, 0.4) is 0 Å². The lowest BCUT2D eigenvalue weighted by molar-refractivity contribution is -0.384. The molecule has 0 unspecified atom stereocenters. The topological polar surface area (TPSA) is 85.5 Å². The Hall–Kier alpha value is -2.58. The molecule has 9 heteroatoms. The molecular weight excluding hydrogens is 402 g/mol. The van der Waals surface area contributed by atoms with E-state index in [1.54, 1.807) is 26.0 Å². The number of aryl methyl sites for hydroxylation is 1. The van der Waals surface area contributed by atoms with Gasteiger partial charge in [-0.15, -0.1) is 0 Å². The summed E-state index contributed by atoms with van der Waals surface area (Å²) in [7, 11) is 0. The Kier molecular flexibility index (Phi) is 5.36. The molecule has 0 spiro atoms. The minimum absolute atomic E-state index is 0.0506. The molecule has 0 bridgehead atoms.